The maximum absolute atomic E-state index is 11.4. The zero-order chi connectivity index (χ0) is 22.3. The molecule has 0 spiro atoms. The fraction of sp³-hybridized carbons (Fsp3) is 0.700. The number of fused-ring (bicyclic) bond motifs is 4. The van der Waals surface area contributed by atoms with Gasteiger partial charge in [0, 0.05) is 6.20 Å². The van der Waals surface area contributed by atoms with Crippen molar-refractivity contribution in [3.8, 4) is 0 Å². The first-order valence-electron chi connectivity index (χ1n) is 10.3. The van der Waals surface area contributed by atoms with Crippen LogP contribution in [0.15, 0.2) is 6.20 Å². The summed E-state index contributed by atoms with van der Waals surface area (Å²) in [6, 6.07) is 0. The molecular formula is C20H27ClN4O6. The Labute approximate surface area is 184 Å². The number of aryl methyl sites for hydroxylation is 1. The Kier molecular flexibility index (Phi) is 4.80. The molecule has 0 bridgehead atoms. The Morgan fingerprint density at radius 2 is 1.77 bits per heavy atom. The summed E-state index contributed by atoms with van der Waals surface area (Å²) in [7, 11) is 0. The van der Waals surface area contributed by atoms with Crippen molar-refractivity contribution < 1.29 is 28.8 Å². The van der Waals surface area contributed by atoms with Gasteiger partial charge in [-0.25, -0.2) is 4.98 Å². The second-order valence-electron chi connectivity index (χ2n) is 9.20. The standard InChI is InChI=1S/C20H27ClN4O6/c1-8-6-25(16-10(8)15(21)23-18(22)24-16)17-11(26)13-14(31-20(4,5)30-13)12-9(28-17)7-27-19(2,3)29-12/h6,9,11-14,17,26H,7H2,1-5H3,(H2,22,23,24)/t9?,11?,12-,13?,14+,17-/m1/s1. The fourth-order valence-electron chi connectivity index (χ4n) is 4.69. The van der Waals surface area contributed by atoms with Crippen molar-refractivity contribution in [1.29, 1.82) is 0 Å². The Balaban J connectivity index is 1.62. The minimum atomic E-state index is -1.09. The Hall–Kier alpha value is -1.53. The Morgan fingerprint density at radius 1 is 1.10 bits per heavy atom. The van der Waals surface area contributed by atoms with E-state index in [2.05, 4.69) is 9.97 Å². The molecule has 0 radical (unpaired) electrons. The number of nitrogens with two attached hydrogens (primary N) is 1. The number of aromatic nitrogens is 3. The third kappa shape index (κ3) is 3.50. The van der Waals surface area contributed by atoms with E-state index in [4.69, 9.17) is 41.0 Å². The maximum Gasteiger partial charge on any atom is 0.223 e. The van der Waals surface area contributed by atoms with E-state index >= 15 is 0 Å². The lowest BCUT2D eigenvalue weighted by molar-refractivity contribution is -0.332. The Bertz CT molecular complexity index is 1030. The number of aliphatic hydroxyl groups excluding tert-OH is 1. The molecular weight excluding hydrogens is 428 g/mol. The number of aliphatic hydroxyl groups is 1. The molecule has 0 aromatic carbocycles. The smallest absolute Gasteiger partial charge is 0.223 e. The number of ether oxygens (including phenoxy) is 5. The molecule has 2 aromatic heterocycles. The molecule has 3 saturated heterocycles. The van der Waals surface area contributed by atoms with Crippen LogP contribution >= 0.6 is 11.6 Å². The van der Waals surface area contributed by atoms with E-state index in [1.807, 2.05) is 40.8 Å². The monoisotopic (exact) mass is 454 g/mol. The molecule has 0 amide bonds. The number of nitrogen functional groups attached to an aromatic ring is 1. The van der Waals surface area contributed by atoms with Crippen LogP contribution in [0.4, 0.5) is 5.95 Å². The average molecular weight is 455 g/mol. The molecule has 11 heteroatoms. The van der Waals surface area contributed by atoms with Crippen molar-refractivity contribution in [3.63, 3.8) is 0 Å². The highest BCUT2D eigenvalue weighted by Gasteiger charge is 2.58. The third-order valence-electron chi connectivity index (χ3n) is 5.92. The first-order valence-corrected chi connectivity index (χ1v) is 10.6. The van der Waals surface area contributed by atoms with Gasteiger partial charge in [-0.05, 0) is 40.2 Å². The van der Waals surface area contributed by atoms with Gasteiger partial charge in [-0.2, -0.15) is 4.98 Å². The van der Waals surface area contributed by atoms with Crippen LogP contribution in [0.5, 0.6) is 0 Å². The van der Waals surface area contributed by atoms with Crippen LogP contribution in [0.25, 0.3) is 11.0 Å². The van der Waals surface area contributed by atoms with Crippen molar-refractivity contribution in [2.75, 3.05) is 12.3 Å². The largest absolute Gasteiger partial charge is 0.386 e. The molecule has 0 aliphatic carbocycles. The van der Waals surface area contributed by atoms with Crippen LogP contribution in [0.3, 0.4) is 0 Å². The van der Waals surface area contributed by atoms with E-state index in [1.165, 1.54) is 0 Å². The molecule has 3 aliphatic rings. The van der Waals surface area contributed by atoms with E-state index in [9.17, 15) is 5.11 Å². The van der Waals surface area contributed by atoms with Gasteiger partial charge in [0.2, 0.25) is 5.95 Å². The molecule has 3 unspecified atom stereocenters. The second kappa shape index (κ2) is 6.98. The normalized spacial score (nSPS) is 36.7. The van der Waals surface area contributed by atoms with E-state index in [1.54, 1.807) is 4.57 Å². The number of anilines is 1. The van der Waals surface area contributed by atoms with E-state index < -0.39 is 48.3 Å². The van der Waals surface area contributed by atoms with Crippen LogP contribution in [-0.2, 0) is 23.7 Å². The first-order chi connectivity index (χ1) is 14.5. The summed E-state index contributed by atoms with van der Waals surface area (Å²) in [5.74, 6) is -1.68. The lowest BCUT2D eigenvalue weighted by Crippen LogP contribution is -2.55. The van der Waals surface area contributed by atoms with Crippen LogP contribution in [0.1, 0.15) is 39.5 Å². The topological polar surface area (TPSA) is 123 Å². The second-order valence-corrected chi connectivity index (χ2v) is 9.56. The molecule has 6 atom stereocenters. The molecule has 2 aromatic rings. The molecule has 0 saturated carbocycles. The maximum atomic E-state index is 11.4. The van der Waals surface area contributed by atoms with E-state index in [-0.39, 0.29) is 17.7 Å². The molecule has 10 nitrogen and oxygen atoms in total. The van der Waals surface area contributed by atoms with Gasteiger partial charge in [0.25, 0.3) is 0 Å². The van der Waals surface area contributed by atoms with Gasteiger partial charge >= 0.3 is 0 Å². The molecule has 31 heavy (non-hydrogen) atoms. The molecule has 3 fully saturated rings. The van der Waals surface area contributed by atoms with Crippen molar-refractivity contribution in [1.82, 2.24) is 14.5 Å². The highest BCUT2D eigenvalue weighted by molar-refractivity contribution is 6.34. The van der Waals surface area contributed by atoms with Gasteiger partial charge in [0.05, 0.1) is 12.0 Å². The highest BCUT2D eigenvalue weighted by atomic mass is 35.5. The number of nitrogens with zero attached hydrogens (tertiary/aromatic N) is 3. The van der Waals surface area contributed by atoms with E-state index in [0.29, 0.717) is 11.0 Å². The molecule has 5 heterocycles. The number of hydrogen-bond donors (Lipinski definition) is 2. The SMILES string of the molecule is Cc1cn([C@@H]2OC3COC(C)(C)O[C@H]3[C@@H]3OC(C)(C)OC3C2O)c2nc(N)nc(Cl)c12. The van der Waals surface area contributed by atoms with Gasteiger partial charge in [-0.3, -0.25) is 0 Å². The molecule has 3 aliphatic heterocycles. The van der Waals surface area contributed by atoms with Crippen LogP contribution in [0.2, 0.25) is 5.15 Å². The minimum Gasteiger partial charge on any atom is -0.386 e. The first kappa shape index (κ1) is 21.3. The summed E-state index contributed by atoms with van der Waals surface area (Å²) in [6.45, 7) is 9.45. The third-order valence-corrected chi connectivity index (χ3v) is 6.19. The molecule has 5 rings (SSSR count). The lowest BCUT2D eigenvalue weighted by atomic mass is 9.99. The van der Waals surface area contributed by atoms with Gasteiger partial charge in [0.1, 0.15) is 41.3 Å². The summed E-state index contributed by atoms with van der Waals surface area (Å²) in [5, 5.41) is 12.3. The Morgan fingerprint density at radius 3 is 2.52 bits per heavy atom. The van der Waals surface area contributed by atoms with Gasteiger partial charge in [0.15, 0.2) is 17.8 Å². The molecule has 3 N–H and O–H groups in total. The average Bonchev–Trinajstić information content (AvgIpc) is 3.13. The van der Waals surface area contributed by atoms with Gasteiger partial charge < -0.3 is 39.1 Å². The van der Waals surface area contributed by atoms with Gasteiger partial charge in [-0.15, -0.1) is 0 Å². The summed E-state index contributed by atoms with van der Waals surface area (Å²) >= 11 is 6.32. The number of rotatable bonds is 1. The lowest BCUT2D eigenvalue weighted by Gasteiger charge is -2.42. The van der Waals surface area contributed by atoms with Crippen molar-refractivity contribution in [3.05, 3.63) is 16.9 Å². The minimum absolute atomic E-state index is 0.0309. The van der Waals surface area contributed by atoms with Crippen molar-refractivity contribution in [2.24, 2.45) is 0 Å². The number of hydrogen-bond acceptors (Lipinski definition) is 9. The number of halogens is 1. The van der Waals surface area contributed by atoms with E-state index in [0.717, 1.165) is 5.56 Å². The quantitative estimate of drug-likeness (QED) is 0.621. The predicted molar refractivity (Wildman–Crippen MR) is 110 cm³/mol. The summed E-state index contributed by atoms with van der Waals surface area (Å²) < 4.78 is 32.4. The zero-order valence-electron chi connectivity index (χ0n) is 18.0. The van der Waals surface area contributed by atoms with Crippen LogP contribution in [0, 0.1) is 6.92 Å². The van der Waals surface area contributed by atoms with Crippen LogP contribution in [-0.4, -0.2) is 68.3 Å². The zero-order valence-corrected chi connectivity index (χ0v) is 18.8. The van der Waals surface area contributed by atoms with Gasteiger partial charge in [-0.1, -0.05) is 11.6 Å². The highest BCUT2D eigenvalue weighted by Crippen LogP contribution is 2.44. The van der Waals surface area contributed by atoms with Crippen molar-refractivity contribution >= 4 is 28.6 Å². The fourth-order valence-corrected chi connectivity index (χ4v) is 5.01. The predicted octanol–water partition coefficient (Wildman–Crippen LogP) is 1.91. The summed E-state index contributed by atoms with van der Waals surface area (Å²) in [4.78, 5) is 8.40. The van der Waals surface area contributed by atoms with Crippen molar-refractivity contribution in [2.45, 2.75) is 82.9 Å². The summed E-state index contributed by atoms with van der Waals surface area (Å²) in [5.41, 5.74) is 7.14. The molecule has 170 valence electrons. The van der Waals surface area contributed by atoms with Crippen LogP contribution < -0.4 is 5.73 Å². The summed E-state index contributed by atoms with van der Waals surface area (Å²) in [6.07, 6.45) is -2.40.